The normalized spacial score (nSPS) is 15.0. The summed E-state index contributed by atoms with van der Waals surface area (Å²) in [7, 11) is 0. The van der Waals surface area contributed by atoms with Crippen molar-refractivity contribution in [2.45, 2.75) is 31.9 Å². The Labute approximate surface area is 287 Å². The molecule has 1 heterocycles. The zero-order chi connectivity index (χ0) is 33.9. The van der Waals surface area contributed by atoms with Crippen molar-refractivity contribution in [3.05, 3.63) is 126 Å². The summed E-state index contributed by atoms with van der Waals surface area (Å²) >= 11 is 6.17. The van der Waals surface area contributed by atoms with Gasteiger partial charge in [-0.25, -0.2) is 4.79 Å². The summed E-state index contributed by atoms with van der Waals surface area (Å²) in [5.74, 6) is -0.828. The van der Waals surface area contributed by atoms with E-state index in [4.69, 9.17) is 22.1 Å². The maximum Gasteiger partial charge on any atom is 0.408 e. The van der Waals surface area contributed by atoms with Crippen molar-refractivity contribution < 1.29 is 29.0 Å². The second kappa shape index (κ2) is 17.7. The fraction of sp³-hybridized carbons (Fsp3) is 0.242. The van der Waals surface area contributed by atoms with Gasteiger partial charge in [0.15, 0.2) is 5.78 Å². The van der Waals surface area contributed by atoms with Crippen LogP contribution in [0.1, 0.15) is 36.0 Å². The molecule has 15 heteroatoms. The molecule has 3 N–H and O–H groups in total. The molecule has 0 unspecified atom stereocenters. The molecule has 3 aromatic carbocycles. The van der Waals surface area contributed by atoms with Gasteiger partial charge in [0.05, 0.1) is 9.85 Å². The van der Waals surface area contributed by atoms with Gasteiger partial charge in [-0.3, -0.25) is 29.8 Å². The number of nitro benzene ring substituents is 2. The summed E-state index contributed by atoms with van der Waals surface area (Å²) in [5, 5.41) is 25.3. The van der Waals surface area contributed by atoms with E-state index in [9.17, 15) is 34.6 Å². The quantitative estimate of drug-likeness (QED) is 0.101. The van der Waals surface area contributed by atoms with Crippen molar-refractivity contribution in [3.63, 3.8) is 0 Å². The number of carbonyl (C=O) groups excluding carboxylic acids is 3. The lowest BCUT2D eigenvalue weighted by Crippen LogP contribution is -2.52. The van der Waals surface area contributed by atoms with Gasteiger partial charge in [0.1, 0.15) is 12.6 Å². The number of amides is 2. The van der Waals surface area contributed by atoms with Crippen LogP contribution in [0.15, 0.2) is 83.9 Å². The van der Waals surface area contributed by atoms with Gasteiger partial charge in [0.2, 0.25) is 5.91 Å². The third-order valence-corrected chi connectivity index (χ3v) is 7.73. The Morgan fingerprint density at radius 2 is 1.42 bits per heavy atom. The zero-order valence-corrected chi connectivity index (χ0v) is 27.2. The molecule has 48 heavy (non-hydrogen) atoms. The molecule has 0 aliphatic carbocycles. The summed E-state index contributed by atoms with van der Waals surface area (Å²) < 4.78 is 5.35. The highest BCUT2D eigenvalue weighted by molar-refractivity contribution is 6.31. The first-order valence-electron chi connectivity index (χ1n) is 14.7. The van der Waals surface area contributed by atoms with Crippen molar-refractivity contribution in [2.24, 2.45) is 5.73 Å². The first-order chi connectivity index (χ1) is 22.5. The highest BCUT2D eigenvalue weighted by atomic mass is 35.5. The predicted octanol–water partition coefficient (Wildman–Crippen LogP) is 5.88. The molecule has 0 radical (unpaired) electrons. The number of benzene rings is 3. The van der Waals surface area contributed by atoms with Crippen LogP contribution in [0.5, 0.6) is 0 Å². The first kappa shape index (κ1) is 37.3. The number of ether oxygens (including phenoxy) is 1. The molecule has 2 amide bonds. The topological polar surface area (TPSA) is 188 Å². The van der Waals surface area contributed by atoms with Crippen LogP contribution in [0.4, 0.5) is 16.2 Å². The SMILES string of the molecule is Cl.NCCCC[C@H](NC(=O)OCc1ccccc1Cl)C(=O)N1C/C(=C\c2ccc([N+](=O)[O-])cc2)C(=O)/C(=C/c2ccc([N+](=O)[O-])cc2)C1. The van der Waals surface area contributed by atoms with Crippen molar-refractivity contribution in [3.8, 4) is 0 Å². The molecule has 0 saturated carbocycles. The van der Waals surface area contributed by atoms with Gasteiger partial charge in [0, 0.05) is 59.1 Å². The van der Waals surface area contributed by atoms with Crippen LogP contribution < -0.4 is 11.1 Å². The largest absolute Gasteiger partial charge is 0.445 e. The van der Waals surface area contributed by atoms with Crippen LogP contribution in [0.3, 0.4) is 0 Å². The van der Waals surface area contributed by atoms with Crippen LogP contribution in [0, 0.1) is 20.2 Å². The number of hydrogen-bond acceptors (Lipinski definition) is 9. The number of piperidine rings is 1. The van der Waals surface area contributed by atoms with Crippen molar-refractivity contribution >= 4 is 65.3 Å². The number of Topliss-reactive ketones (excluding diaryl/α,β-unsaturated/α-hetero) is 1. The van der Waals surface area contributed by atoms with E-state index in [1.54, 1.807) is 36.4 Å². The van der Waals surface area contributed by atoms with E-state index in [1.165, 1.54) is 53.4 Å². The Bertz CT molecular complexity index is 1630. The number of unbranched alkanes of at least 4 members (excludes halogenated alkanes) is 1. The summed E-state index contributed by atoms with van der Waals surface area (Å²) in [5.41, 5.74) is 7.48. The third-order valence-electron chi connectivity index (χ3n) is 7.36. The van der Waals surface area contributed by atoms with Crippen molar-refractivity contribution in [2.75, 3.05) is 19.6 Å². The molecule has 1 saturated heterocycles. The summed E-state index contributed by atoms with van der Waals surface area (Å²) in [4.78, 5) is 63.0. The third kappa shape index (κ3) is 10.2. The van der Waals surface area contributed by atoms with Gasteiger partial charge in [-0.15, -0.1) is 12.4 Å². The number of non-ortho nitro benzene ring substituents is 2. The maximum absolute atomic E-state index is 14.0. The number of ketones is 1. The van der Waals surface area contributed by atoms with E-state index in [-0.39, 0.29) is 66.8 Å². The first-order valence-corrected chi connectivity index (χ1v) is 15.0. The maximum atomic E-state index is 14.0. The second-order valence-electron chi connectivity index (χ2n) is 10.7. The Kier molecular flexibility index (Phi) is 13.8. The molecule has 1 aliphatic rings. The van der Waals surface area contributed by atoms with Gasteiger partial charge >= 0.3 is 6.09 Å². The Morgan fingerprint density at radius 3 is 1.90 bits per heavy atom. The van der Waals surface area contributed by atoms with E-state index in [0.29, 0.717) is 41.1 Å². The number of nitro groups is 2. The molecule has 1 fully saturated rings. The zero-order valence-electron chi connectivity index (χ0n) is 25.6. The van der Waals surface area contributed by atoms with E-state index in [0.717, 1.165) is 0 Å². The number of nitrogens with one attached hydrogen (secondary N) is 1. The van der Waals surface area contributed by atoms with Crippen LogP contribution in [0.2, 0.25) is 5.02 Å². The lowest BCUT2D eigenvalue weighted by atomic mass is 9.93. The molecule has 3 aromatic rings. The number of alkyl carbamates (subject to hydrolysis) is 1. The number of carbonyl (C=O) groups is 3. The van der Waals surface area contributed by atoms with Crippen LogP contribution >= 0.6 is 24.0 Å². The van der Waals surface area contributed by atoms with E-state index >= 15 is 0 Å². The number of likely N-dealkylation sites (tertiary alicyclic amines) is 1. The molecular weight excluding hydrogens is 665 g/mol. The van der Waals surface area contributed by atoms with Crippen molar-refractivity contribution in [1.29, 1.82) is 0 Å². The highest BCUT2D eigenvalue weighted by Crippen LogP contribution is 2.25. The minimum absolute atomic E-state index is 0. The summed E-state index contributed by atoms with van der Waals surface area (Å²) in [6.07, 6.45) is 3.65. The average Bonchev–Trinajstić information content (AvgIpc) is 3.06. The van der Waals surface area contributed by atoms with Crippen molar-refractivity contribution in [1.82, 2.24) is 10.2 Å². The van der Waals surface area contributed by atoms with Crippen LogP contribution in [-0.4, -0.2) is 58.2 Å². The molecule has 4 rings (SSSR count). The average molecular weight is 699 g/mol. The molecule has 1 atom stereocenters. The molecular formula is C33H33Cl2N5O8. The van der Waals surface area contributed by atoms with E-state index in [1.807, 2.05) is 0 Å². The smallest absolute Gasteiger partial charge is 0.408 e. The molecule has 1 aliphatic heterocycles. The molecule has 0 spiro atoms. The summed E-state index contributed by atoms with van der Waals surface area (Å²) in [6.45, 7) is 0.0734. The van der Waals surface area contributed by atoms with Gasteiger partial charge in [0.25, 0.3) is 11.4 Å². The number of nitrogens with zero attached hydrogens (tertiary/aromatic N) is 3. The second-order valence-corrected chi connectivity index (χ2v) is 11.1. The number of hydrogen-bond donors (Lipinski definition) is 2. The summed E-state index contributed by atoms with van der Waals surface area (Å²) in [6, 6.07) is 17.1. The standard InChI is InChI=1S/C33H32ClN5O8.ClH/c34-29-6-2-1-5-24(29)21-47-33(42)36-30(7-3-4-16-35)32(41)37-19-25(17-22-8-12-27(13-9-22)38(43)44)31(40)26(20-37)18-23-10-14-28(15-11-23)39(45)46;/h1-2,5-6,8-15,17-18,30H,3-4,7,16,19-21,35H2,(H,36,42);1H/b25-17+,26-18+;/t30-;/m0./s1. The Hall–Kier alpha value is -5.11. The molecule has 13 nitrogen and oxygen atoms in total. The Morgan fingerprint density at radius 1 is 0.896 bits per heavy atom. The van der Waals surface area contributed by atoms with Gasteiger partial charge in [-0.05, 0) is 79.4 Å². The lowest BCUT2D eigenvalue weighted by molar-refractivity contribution is -0.385. The molecule has 252 valence electrons. The molecule has 0 bridgehead atoms. The molecule has 0 aromatic heterocycles. The van der Waals surface area contributed by atoms with Crippen LogP contribution in [-0.2, 0) is 20.9 Å². The number of halogens is 2. The number of nitrogens with two attached hydrogens (primary N) is 1. The van der Waals surface area contributed by atoms with Crippen LogP contribution in [0.25, 0.3) is 12.2 Å². The van der Waals surface area contributed by atoms with Gasteiger partial charge in [-0.2, -0.15) is 0 Å². The Balaban J connectivity index is 0.00000625. The van der Waals surface area contributed by atoms with E-state index in [2.05, 4.69) is 5.32 Å². The van der Waals surface area contributed by atoms with Gasteiger partial charge < -0.3 is 20.7 Å². The van der Waals surface area contributed by atoms with E-state index < -0.39 is 27.9 Å². The predicted molar refractivity (Wildman–Crippen MR) is 182 cm³/mol. The highest BCUT2D eigenvalue weighted by Gasteiger charge is 2.33. The number of rotatable bonds is 12. The lowest BCUT2D eigenvalue weighted by Gasteiger charge is -2.33. The minimum atomic E-state index is -1.00. The fourth-order valence-corrected chi connectivity index (χ4v) is 5.09. The fourth-order valence-electron chi connectivity index (χ4n) is 4.90. The minimum Gasteiger partial charge on any atom is -0.445 e. The van der Waals surface area contributed by atoms with Gasteiger partial charge in [-0.1, -0.05) is 29.8 Å². The monoisotopic (exact) mass is 697 g/mol.